The van der Waals surface area contributed by atoms with E-state index in [1.54, 1.807) is 41.7 Å². The van der Waals surface area contributed by atoms with Crippen LogP contribution in [0.1, 0.15) is 64.3 Å². The minimum atomic E-state index is -3.43. The normalized spacial score (nSPS) is 13.1. The summed E-state index contributed by atoms with van der Waals surface area (Å²) in [6.45, 7) is 5.83. The fourth-order valence-corrected chi connectivity index (χ4v) is 10.2. The molecule has 7 aromatic carbocycles. The third kappa shape index (κ3) is 11.2. The highest BCUT2D eigenvalue weighted by atomic mass is 32.2. The molecule has 2 heterocycles. The average molecular weight is 904 g/mol. The molecule has 0 aliphatic carbocycles. The fraction of sp³-hybridized carbons (Fsp3) is 0.140. The first kappa shape index (κ1) is 45.6. The smallest absolute Gasteiger partial charge is 0.423 e. The Bertz CT molecular complexity index is 2930. The van der Waals surface area contributed by atoms with E-state index in [1.165, 1.54) is 54.0 Å². The van der Waals surface area contributed by atoms with Crippen LogP contribution in [-0.4, -0.2) is 37.2 Å². The molecule has 320 valence electrons. The van der Waals surface area contributed by atoms with Crippen molar-refractivity contribution < 1.29 is 36.0 Å². The van der Waals surface area contributed by atoms with Gasteiger partial charge in [-0.25, -0.2) is 26.0 Å². The predicted octanol–water partition coefficient (Wildman–Crippen LogP) is 11.1. The molecule has 9 rings (SSSR count). The second-order valence-corrected chi connectivity index (χ2v) is 19.3. The van der Waals surface area contributed by atoms with Crippen molar-refractivity contribution in [3.8, 4) is 0 Å². The molecule has 0 fully saturated rings. The number of hydrogen-bond acceptors (Lipinski definition) is 7. The van der Waals surface area contributed by atoms with Crippen molar-refractivity contribution in [3.05, 3.63) is 213 Å². The summed E-state index contributed by atoms with van der Waals surface area (Å²) in [5.74, 6) is -3.90. The molecule has 7 aromatic rings. The summed E-state index contributed by atoms with van der Waals surface area (Å²) < 4.78 is 76.3. The molecule has 0 saturated carbocycles. The van der Waals surface area contributed by atoms with E-state index < -0.39 is 40.2 Å². The van der Waals surface area contributed by atoms with Gasteiger partial charge in [0, 0.05) is 31.2 Å². The summed E-state index contributed by atoms with van der Waals surface area (Å²) in [5.41, 5.74) is 9.82. The van der Waals surface area contributed by atoms with Crippen molar-refractivity contribution in [1.29, 1.82) is 0 Å². The van der Waals surface area contributed by atoms with Gasteiger partial charge in [-0.3, -0.25) is 4.99 Å². The number of rotatable bonds is 7. The molecule has 2 aliphatic heterocycles. The van der Waals surface area contributed by atoms with Gasteiger partial charge in [0.15, 0.2) is 33.1 Å². The first-order valence-electron chi connectivity index (χ1n) is 20.0. The van der Waals surface area contributed by atoms with E-state index in [-0.39, 0.29) is 17.3 Å². The summed E-state index contributed by atoms with van der Waals surface area (Å²) in [5, 5.41) is 17.0. The second kappa shape index (κ2) is 19.9. The second-order valence-electron chi connectivity index (χ2n) is 15.2. The van der Waals surface area contributed by atoms with Crippen LogP contribution in [0.4, 0.5) is 17.6 Å². The number of halogens is 4. The highest BCUT2D eigenvalue weighted by molar-refractivity contribution is 7.99. The van der Waals surface area contributed by atoms with E-state index in [9.17, 15) is 26.0 Å². The van der Waals surface area contributed by atoms with Gasteiger partial charge in [0.1, 0.15) is 5.88 Å². The molecule has 0 spiro atoms. The highest BCUT2D eigenvalue weighted by Gasteiger charge is 2.20. The van der Waals surface area contributed by atoms with Crippen LogP contribution in [0.15, 0.2) is 175 Å². The minimum absolute atomic E-state index is 0.0209. The summed E-state index contributed by atoms with van der Waals surface area (Å²) in [6.07, 6.45) is 1.80. The lowest BCUT2D eigenvalue weighted by Crippen LogP contribution is -2.30. The molecule has 0 radical (unpaired) electrons. The van der Waals surface area contributed by atoms with Crippen molar-refractivity contribution in [3.63, 3.8) is 0 Å². The molecule has 0 bridgehead atoms. The van der Waals surface area contributed by atoms with Crippen molar-refractivity contribution in [1.82, 2.24) is 0 Å². The van der Waals surface area contributed by atoms with Crippen molar-refractivity contribution in [2.45, 2.75) is 64.0 Å². The summed E-state index contributed by atoms with van der Waals surface area (Å²) >= 11 is 3.58. The maximum absolute atomic E-state index is 13.5. The first-order chi connectivity index (χ1) is 30.1. The van der Waals surface area contributed by atoms with E-state index in [0.29, 0.717) is 4.90 Å². The van der Waals surface area contributed by atoms with Crippen LogP contribution in [0, 0.1) is 30.2 Å². The van der Waals surface area contributed by atoms with E-state index >= 15 is 0 Å². The maximum atomic E-state index is 13.5. The van der Waals surface area contributed by atoms with Crippen molar-refractivity contribution in [2.24, 2.45) is 4.99 Å². The fourth-order valence-electron chi connectivity index (χ4n) is 7.04. The standard InChI is InChI=1S/C23H21NO2S2.C21H16F2S.C6H5BF2O2/c1-16-7-10-21(11-8-16)28(25,26)15-24-17(2)18-9-12-23-20(13-18)14-19-5-3-4-6-22(19)27-23;1-13(15-6-8-18(22)19(23)12-15)14-7-9-21-17(10-14)11-16-4-2-3-5-20(16)24-21;8-5-2-1-4(7(10)11)3-6(5)9/h3-13H,14-15H2,1-2H3;2-10,12-13H,11H2,1H3;1-3,10-11H. The monoisotopic (exact) mass is 903 g/mol. The largest absolute Gasteiger partial charge is 0.488 e. The van der Waals surface area contributed by atoms with Gasteiger partial charge in [0.05, 0.1) is 4.90 Å². The van der Waals surface area contributed by atoms with Crippen LogP contribution < -0.4 is 5.46 Å². The maximum Gasteiger partial charge on any atom is 0.488 e. The Labute approximate surface area is 374 Å². The summed E-state index contributed by atoms with van der Waals surface area (Å²) in [4.78, 5) is 9.83. The van der Waals surface area contributed by atoms with Gasteiger partial charge in [-0.05, 0) is 138 Å². The first-order valence-corrected chi connectivity index (χ1v) is 23.3. The molecule has 63 heavy (non-hydrogen) atoms. The lowest BCUT2D eigenvalue weighted by molar-refractivity contribution is 0.425. The van der Waals surface area contributed by atoms with Crippen LogP contribution in [0.25, 0.3) is 0 Å². The van der Waals surface area contributed by atoms with E-state index in [4.69, 9.17) is 10.0 Å². The zero-order valence-electron chi connectivity index (χ0n) is 34.5. The van der Waals surface area contributed by atoms with Gasteiger partial charge < -0.3 is 10.0 Å². The molecular formula is C50H42BF4NO4S3. The number of sulfone groups is 1. The third-order valence-electron chi connectivity index (χ3n) is 10.7. The van der Waals surface area contributed by atoms with E-state index in [0.717, 1.165) is 59.0 Å². The molecule has 5 nitrogen and oxygen atoms in total. The Morgan fingerprint density at radius 1 is 0.619 bits per heavy atom. The Morgan fingerprint density at radius 3 is 1.71 bits per heavy atom. The number of aryl methyl sites for hydroxylation is 1. The summed E-state index contributed by atoms with van der Waals surface area (Å²) in [7, 11) is -5.19. The molecule has 0 saturated heterocycles. The van der Waals surface area contributed by atoms with Crippen molar-refractivity contribution >= 4 is 51.7 Å². The molecule has 13 heteroatoms. The Kier molecular flexibility index (Phi) is 14.4. The Balaban J connectivity index is 0.000000154. The number of nitrogens with zero attached hydrogens (tertiary/aromatic N) is 1. The van der Waals surface area contributed by atoms with Gasteiger partial charge in [-0.1, -0.05) is 115 Å². The molecule has 1 atom stereocenters. The predicted molar refractivity (Wildman–Crippen MR) is 245 cm³/mol. The molecule has 0 aromatic heterocycles. The van der Waals surface area contributed by atoms with Gasteiger partial charge in [-0.2, -0.15) is 0 Å². The number of hydrogen-bond donors (Lipinski definition) is 2. The lowest BCUT2D eigenvalue weighted by atomic mass is 9.80. The van der Waals surface area contributed by atoms with Crippen LogP contribution in [-0.2, 0) is 22.7 Å². The van der Waals surface area contributed by atoms with Gasteiger partial charge in [0.25, 0.3) is 0 Å². The molecule has 2 aliphatic rings. The van der Waals surface area contributed by atoms with Crippen LogP contribution >= 0.6 is 23.5 Å². The number of fused-ring (bicyclic) bond motifs is 4. The zero-order chi connectivity index (χ0) is 44.8. The van der Waals surface area contributed by atoms with Gasteiger partial charge in [0.2, 0.25) is 0 Å². The molecule has 0 amide bonds. The number of aliphatic imine (C=N–C) groups is 1. The quantitative estimate of drug-likeness (QED) is 0.0941. The van der Waals surface area contributed by atoms with Gasteiger partial charge in [-0.15, -0.1) is 0 Å². The third-order valence-corrected chi connectivity index (χ3v) is 14.7. The van der Waals surface area contributed by atoms with E-state index in [1.807, 2.05) is 39.0 Å². The molecular weight excluding hydrogens is 862 g/mol. The van der Waals surface area contributed by atoms with Crippen LogP contribution in [0.2, 0.25) is 0 Å². The SMILES string of the molecule is CC(=NCS(=O)(=O)c1ccc(C)cc1)c1ccc2c(c1)Cc1ccccc1S2.CC(c1ccc(F)c(F)c1)c1ccc2c(c1)Cc1ccccc1S2.OB(O)c1ccc(F)c(F)c1. The Morgan fingerprint density at radius 2 is 1.13 bits per heavy atom. The lowest BCUT2D eigenvalue weighted by Gasteiger charge is -2.21. The van der Waals surface area contributed by atoms with Crippen molar-refractivity contribution in [2.75, 3.05) is 5.88 Å². The molecule has 1 unspecified atom stereocenters. The highest BCUT2D eigenvalue weighted by Crippen LogP contribution is 2.41. The molecule has 2 N–H and O–H groups in total. The van der Waals surface area contributed by atoms with Gasteiger partial charge >= 0.3 is 7.12 Å². The average Bonchev–Trinajstić information content (AvgIpc) is 3.28. The summed E-state index contributed by atoms with van der Waals surface area (Å²) in [6, 6.07) is 43.3. The topological polar surface area (TPSA) is 87.0 Å². The van der Waals surface area contributed by atoms with E-state index in [2.05, 4.69) is 83.9 Å². The minimum Gasteiger partial charge on any atom is -0.423 e. The zero-order valence-corrected chi connectivity index (χ0v) is 37.0. The Hall–Kier alpha value is -5.44. The van der Waals surface area contributed by atoms with Crippen LogP contribution in [0.3, 0.4) is 0 Å². The number of benzene rings is 7. The van der Waals surface area contributed by atoms with Crippen LogP contribution in [0.5, 0.6) is 0 Å².